The van der Waals surface area contributed by atoms with Crippen LogP contribution < -0.4 is 27.5 Å². The Morgan fingerprint density at radius 2 is 1.08 bits per heavy atom. The highest BCUT2D eigenvalue weighted by Gasteiger charge is 2.27. The number of hydrogen-bond donors (Lipinski definition) is 3. The number of nitrogens with two attached hydrogens (primary N) is 1. The van der Waals surface area contributed by atoms with Crippen LogP contribution in [0.4, 0.5) is 0 Å². The summed E-state index contributed by atoms with van der Waals surface area (Å²) in [7, 11) is 0. The van der Waals surface area contributed by atoms with E-state index in [0.29, 0.717) is 0 Å². The second-order valence-corrected chi connectivity index (χ2v) is 16.8. The fraction of sp³-hybridized carbons (Fsp3) is 0.325. The molecule has 5 rings (SSSR count). The van der Waals surface area contributed by atoms with Crippen LogP contribution in [-0.4, -0.2) is 37.7 Å². The molecule has 2 aromatic heterocycles. The van der Waals surface area contributed by atoms with Crippen LogP contribution >= 0.6 is 23.1 Å². The number of nitrogens with zero attached hydrogens (tertiary/aromatic N) is 2. The Hall–Kier alpha value is -5.07. The van der Waals surface area contributed by atoms with E-state index in [0.717, 1.165) is 37.6 Å². The van der Waals surface area contributed by atoms with Gasteiger partial charge in [0.1, 0.15) is 12.1 Å². The first-order chi connectivity index (χ1) is 24.5. The van der Waals surface area contributed by atoms with Gasteiger partial charge in [-0.3, -0.25) is 31.9 Å². The van der Waals surface area contributed by atoms with E-state index < -0.39 is 23.9 Å². The molecule has 0 saturated heterocycles. The van der Waals surface area contributed by atoms with Gasteiger partial charge in [0.15, 0.2) is 0 Å². The van der Waals surface area contributed by atoms with Crippen molar-refractivity contribution in [3.63, 3.8) is 0 Å². The maximum atomic E-state index is 13.7. The zero-order valence-electron chi connectivity index (χ0n) is 30.3. The minimum atomic E-state index is -1.03. The van der Waals surface area contributed by atoms with Gasteiger partial charge in [0.05, 0.1) is 27.3 Å². The average molecular weight is 740 g/mol. The minimum Gasteiger partial charge on any atom is -0.368 e. The molecule has 52 heavy (non-hydrogen) atoms. The van der Waals surface area contributed by atoms with Crippen LogP contribution in [-0.2, 0) is 44.7 Å². The highest BCUT2D eigenvalue weighted by atomic mass is 32.1. The molecule has 0 aliphatic rings. The predicted molar refractivity (Wildman–Crippen MR) is 209 cm³/mol. The second-order valence-electron chi connectivity index (χ2n) is 14.9. The summed E-state index contributed by atoms with van der Waals surface area (Å²) < 4.78 is 3.47. The summed E-state index contributed by atoms with van der Waals surface area (Å²) in [4.78, 5) is 66.3. The highest BCUT2D eigenvalue weighted by molar-refractivity contribution is 7.10. The summed E-state index contributed by atoms with van der Waals surface area (Å²) in [6.07, 6.45) is 0.378. The first-order valence-corrected chi connectivity index (χ1v) is 18.6. The molecule has 3 amide bonds. The molecule has 4 N–H and O–H groups in total. The first kappa shape index (κ1) is 38.2. The number of hydrogen-bond acceptors (Lipinski definition) is 7. The predicted octanol–water partition coefficient (Wildman–Crippen LogP) is 5.46. The van der Waals surface area contributed by atoms with Gasteiger partial charge in [-0.2, -0.15) is 0 Å². The van der Waals surface area contributed by atoms with E-state index in [-0.39, 0.29) is 47.4 Å². The molecular formula is C40H45N5O5S2. The largest absolute Gasteiger partial charge is 0.368 e. The number of benzene rings is 3. The van der Waals surface area contributed by atoms with E-state index in [4.69, 9.17) is 5.73 Å². The van der Waals surface area contributed by atoms with Crippen molar-refractivity contribution >= 4 is 40.8 Å². The number of nitrogens with one attached hydrogen (secondary N) is 2. The SMILES string of the molecule is CC(C)(C)n1sc(-c2ccc(CC(=O)N[C@@H](Cc3ccccc3)C(=O)N[C@@H](Cc3ccc(-c4cc(=O)n(C(C)(C)C)s4)cc3)C(N)=O)cc2)cc1=O. The lowest BCUT2D eigenvalue weighted by Gasteiger charge is -2.22. The Labute approximate surface area is 311 Å². The third-order valence-electron chi connectivity index (χ3n) is 8.38. The Morgan fingerprint density at radius 1 is 0.635 bits per heavy atom. The van der Waals surface area contributed by atoms with E-state index in [2.05, 4.69) is 10.6 Å². The molecule has 0 aliphatic heterocycles. The van der Waals surface area contributed by atoms with Crippen LogP contribution in [0.5, 0.6) is 0 Å². The molecule has 2 heterocycles. The standard InChI is InChI=1S/C40H45N5O5S2/c1-39(2,3)44-35(47)23-32(51-44)28-16-12-26(13-17-28)20-30(37(41)49)43-38(50)31(21-25-10-8-7-9-11-25)42-34(46)22-27-14-18-29(19-15-27)33-24-36(48)45(52-33)40(4,5)6/h7-19,23-24,30-31H,20-22H2,1-6H3,(H2,41,49)(H,42,46)(H,43,50)/t30-,31-/m0/s1. The topological polar surface area (TPSA) is 145 Å². The summed E-state index contributed by atoms with van der Waals surface area (Å²) in [5.41, 5.74) is 9.07. The Morgan fingerprint density at radius 3 is 1.52 bits per heavy atom. The Balaban J connectivity index is 1.27. The fourth-order valence-corrected chi connectivity index (χ4v) is 7.72. The molecule has 0 radical (unpaired) electrons. The van der Waals surface area contributed by atoms with Crippen LogP contribution in [0.3, 0.4) is 0 Å². The fourth-order valence-electron chi connectivity index (χ4n) is 5.70. The molecular weight excluding hydrogens is 695 g/mol. The summed E-state index contributed by atoms with van der Waals surface area (Å²) in [5, 5.41) is 5.64. The zero-order valence-corrected chi connectivity index (χ0v) is 31.9. The van der Waals surface area contributed by atoms with Crippen molar-refractivity contribution in [1.29, 1.82) is 0 Å². The van der Waals surface area contributed by atoms with Crippen molar-refractivity contribution in [3.8, 4) is 20.9 Å². The van der Waals surface area contributed by atoms with E-state index in [1.165, 1.54) is 23.1 Å². The number of primary amides is 1. The minimum absolute atomic E-state index is 0.0253. The average Bonchev–Trinajstić information content (AvgIpc) is 3.68. The van der Waals surface area contributed by atoms with E-state index in [9.17, 15) is 24.0 Å². The smallest absolute Gasteiger partial charge is 0.261 e. The van der Waals surface area contributed by atoms with Gasteiger partial charge in [-0.25, -0.2) is 0 Å². The van der Waals surface area contributed by atoms with Gasteiger partial charge in [-0.05, 0) is 69.4 Å². The van der Waals surface area contributed by atoms with Crippen LogP contribution in [0.1, 0.15) is 58.2 Å². The molecule has 272 valence electrons. The van der Waals surface area contributed by atoms with Gasteiger partial charge < -0.3 is 16.4 Å². The monoisotopic (exact) mass is 739 g/mol. The molecule has 2 atom stereocenters. The first-order valence-electron chi connectivity index (χ1n) is 17.1. The van der Waals surface area contributed by atoms with E-state index in [1.807, 2.05) is 120 Å². The lowest BCUT2D eigenvalue weighted by molar-refractivity contribution is -0.131. The molecule has 0 unspecified atom stereocenters. The third-order valence-corrected chi connectivity index (χ3v) is 11.3. The van der Waals surface area contributed by atoms with Crippen molar-refractivity contribution < 1.29 is 14.4 Å². The Kier molecular flexibility index (Phi) is 11.5. The van der Waals surface area contributed by atoms with Gasteiger partial charge in [-0.15, -0.1) is 0 Å². The number of carbonyl (C=O) groups excluding carboxylic acids is 3. The maximum Gasteiger partial charge on any atom is 0.261 e. The summed E-state index contributed by atoms with van der Waals surface area (Å²) in [6, 6.07) is 25.4. The zero-order chi connectivity index (χ0) is 37.8. The van der Waals surface area contributed by atoms with Crippen LogP contribution in [0.2, 0.25) is 0 Å². The van der Waals surface area contributed by atoms with Gasteiger partial charge in [0.2, 0.25) is 17.7 Å². The van der Waals surface area contributed by atoms with Crippen molar-refractivity contribution in [2.45, 2.75) is 84.0 Å². The molecule has 0 spiro atoms. The lowest BCUT2D eigenvalue weighted by atomic mass is 10.0. The number of rotatable bonds is 12. The van der Waals surface area contributed by atoms with Crippen molar-refractivity contribution in [2.24, 2.45) is 5.73 Å². The Bertz CT molecular complexity index is 2150. The van der Waals surface area contributed by atoms with Crippen LogP contribution in [0, 0.1) is 0 Å². The quantitative estimate of drug-likeness (QED) is 0.156. The van der Waals surface area contributed by atoms with Gasteiger partial charge in [0, 0.05) is 25.0 Å². The van der Waals surface area contributed by atoms with Gasteiger partial charge >= 0.3 is 0 Å². The summed E-state index contributed by atoms with van der Waals surface area (Å²) >= 11 is 2.79. The van der Waals surface area contributed by atoms with Crippen LogP contribution in [0.15, 0.2) is 101 Å². The number of carbonyl (C=O) groups is 3. The van der Waals surface area contributed by atoms with E-state index in [1.54, 1.807) is 20.0 Å². The molecule has 10 nitrogen and oxygen atoms in total. The molecule has 3 aromatic carbocycles. The molecule has 0 bridgehead atoms. The summed E-state index contributed by atoms with van der Waals surface area (Å²) in [5.74, 6) is -1.59. The highest BCUT2D eigenvalue weighted by Crippen LogP contribution is 2.28. The van der Waals surface area contributed by atoms with Crippen molar-refractivity contribution in [2.75, 3.05) is 0 Å². The molecule has 0 aliphatic carbocycles. The third kappa shape index (κ3) is 9.62. The number of aromatic nitrogens is 2. The van der Waals surface area contributed by atoms with Gasteiger partial charge in [-0.1, -0.05) is 102 Å². The normalized spacial score (nSPS) is 13.0. The van der Waals surface area contributed by atoms with Gasteiger partial charge in [0.25, 0.3) is 11.1 Å². The molecule has 5 aromatic rings. The molecule has 12 heteroatoms. The molecule has 0 fully saturated rings. The number of amides is 3. The maximum absolute atomic E-state index is 13.7. The van der Waals surface area contributed by atoms with Crippen molar-refractivity contribution in [1.82, 2.24) is 18.5 Å². The van der Waals surface area contributed by atoms with Crippen molar-refractivity contribution in [3.05, 3.63) is 128 Å². The lowest BCUT2D eigenvalue weighted by Crippen LogP contribution is -2.54. The van der Waals surface area contributed by atoms with E-state index >= 15 is 0 Å². The summed E-state index contributed by atoms with van der Waals surface area (Å²) in [6.45, 7) is 11.9. The second kappa shape index (κ2) is 15.7. The molecule has 0 saturated carbocycles. The van der Waals surface area contributed by atoms with Crippen LogP contribution in [0.25, 0.3) is 20.9 Å².